The first-order chi connectivity index (χ1) is 20.3. The Hall–Kier alpha value is -2.56. The SMILES string of the molecule is Oc1cc(N2CCc3c(nc(OC[C@@]45CCCN4C[C@H](F)C5)nc3C3CC4CCC(C3)N4)C2)c2c(Br)c(F)ccc2c1. The quantitative estimate of drug-likeness (QED) is 0.368. The Morgan fingerprint density at radius 1 is 1.14 bits per heavy atom. The molecule has 2 N–H and O–H groups in total. The highest BCUT2D eigenvalue weighted by Gasteiger charge is 2.49. The molecule has 2 bridgehead atoms. The molecule has 42 heavy (non-hydrogen) atoms. The zero-order valence-corrected chi connectivity index (χ0v) is 25.2. The van der Waals surface area contributed by atoms with E-state index in [0.29, 0.717) is 61.1 Å². The van der Waals surface area contributed by atoms with E-state index in [0.717, 1.165) is 66.5 Å². The molecule has 0 spiro atoms. The fourth-order valence-corrected chi connectivity index (χ4v) is 9.15. The van der Waals surface area contributed by atoms with Gasteiger partial charge >= 0.3 is 6.01 Å². The molecule has 7 nitrogen and oxygen atoms in total. The van der Waals surface area contributed by atoms with E-state index in [1.54, 1.807) is 18.2 Å². The maximum atomic E-state index is 14.6. The lowest BCUT2D eigenvalue weighted by Crippen LogP contribution is -2.43. The molecule has 2 unspecified atom stereocenters. The second-order valence-corrected chi connectivity index (χ2v) is 13.9. The van der Waals surface area contributed by atoms with Crippen LogP contribution in [-0.4, -0.2) is 70.0 Å². The zero-order chi connectivity index (χ0) is 28.6. The third kappa shape index (κ3) is 4.56. The van der Waals surface area contributed by atoms with Crippen molar-refractivity contribution in [3.8, 4) is 11.8 Å². The van der Waals surface area contributed by atoms with E-state index in [1.807, 2.05) is 0 Å². The van der Waals surface area contributed by atoms with E-state index >= 15 is 0 Å². The summed E-state index contributed by atoms with van der Waals surface area (Å²) in [6, 6.07) is 7.93. The maximum Gasteiger partial charge on any atom is 0.316 e. The smallest absolute Gasteiger partial charge is 0.316 e. The van der Waals surface area contributed by atoms with Gasteiger partial charge in [-0.2, -0.15) is 9.97 Å². The lowest BCUT2D eigenvalue weighted by molar-refractivity contribution is 0.106. The third-order valence-electron chi connectivity index (χ3n) is 10.5. The van der Waals surface area contributed by atoms with Gasteiger partial charge in [-0.25, -0.2) is 8.78 Å². The van der Waals surface area contributed by atoms with Crippen LogP contribution in [0.15, 0.2) is 28.7 Å². The molecule has 0 amide bonds. The summed E-state index contributed by atoms with van der Waals surface area (Å²) < 4.78 is 35.9. The average Bonchev–Trinajstić information content (AvgIpc) is 3.63. The number of piperidine rings is 1. The van der Waals surface area contributed by atoms with Crippen LogP contribution in [0.25, 0.3) is 10.8 Å². The standard InChI is InChI=1S/C32H36BrF2N5O2/c33-29-25(35)5-2-18-12-23(41)13-27(28(18)29)39-9-6-24-26(16-39)37-31(38-30(24)19-10-21-3-4-22(11-19)36-21)42-17-32-7-1-8-40(32)15-20(34)14-32/h2,5,12-13,19-22,36,41H,1,3-4,6-11,14-17H2/t19?,20-,21?,22?,32+/m1/s1. The molecule has 3 aromatic rings. The van der Waals surface area contributed by atoms with Gasteiger partial charge in [0.05, 0.1) is 27.9 Å². The van der Waals surface area contributed by atoms with Crippen LogP contribution >= 0.6 is 15.9 Å². The van der Waals surface area contributed by atoms with E-state index in [2.05, 4.69) is 31.0 Å². The number of hydrogen-bond donors (Lipinski definition) is 2. The average molecular weight is 641 g/mol. The molecule has 0 saturated carbocycles. The van der Waals surface area contributed by atoms with Crippen molar-refractivity contribution in [1.29, 1.82) is 0 Å². The molecule has 0 aliphatic carbocycles. The molecule has 222 valence electrons. The Labute approximate surface area is 252 Å². The van der Waals surface area contributed by atoms with Gasteiger partial charge in [-0.3, -0.25) is 4.90 Å². The van der Waals surface area contributed by atoms with Crippen LogP contribution in [-0.2, 0) is 13.0 Å². The Balaban J connectivity index is 1.16. The van der Waals surface area contributed by atoms with Gasteiger partial charge < -0.3 is 20.1 Å². The van der Waals surface area contributed by atoms with Gasteiger partial charge in [0.25, 0.3) is 0 Å². The number of benzene rings is 2. The van der Waals surface area contributed by atoms with Crippen molar-refractivity contribution >= 4 is 32.4 Å². The molecule has 10 heteroatoms. The summed E-state index contributed by atoms with van der Waals surface area (Å²) in [5.74, 6) is 0.153. The summed E-state index contributed by atoms with van der Waals surface area (Å²) in [5, 5.41) is 15.8. The summed E-state index contributed by atoms with van der Waals surface area (Å²) in [4.78, 5) is 14.5. The number of nitrogens with zero attached hydrogens (tertiary/aromatic N) is 4. The first-order valence-corrected chi connectivity index (χ1v) is 16.2. The van der Waals surface area contributed by atoms with Gasteiger partial charge in [-0.1, -0.05) is 6.07 Å². The van der Waals surface area contributed by atoms with Crippen LogP contribution in [0, 0.1) is 5.82 Å². The van der Waals surface area contributed by atoms with Crippen LogP contribution in [0.5, 0.6) is 11.8 Å². The van der Waals surface area contributed by atoms with Crippen LogP contribution < -0.4 is 15.0 Å². The molecular formula is C32H36BrF2N5O2. The summed E-state index contributed by atoms with van der Waals surface area (Å²) in [6.45, 7) is 3.01. The number of hydrogen-bond acceptors (Lipinski definition) is 7. The predicted octanol–water partition coefficient (Wildman–Crippen LogP) is 5.75. The minimum atomic E-state index is -0.811. The maximum absolute atomic E-state index is 14.6. The molecule has 4 fully saturated rings. The molecule has 8 rings (SSSR count). The van der Waals surface area contributed by atoms with Gasteiger partial charge in [0.15, 0.2) is 0 Å². The first kappa shape index (κ1) is 27.0. The van der Waals surface area contributed by atoms with Crippen molar-refractivity contribution in [1.82, 2.24) is 20.2 Å². The number of aromatic hydroxyl groups is 1. The molecule has 1 aromatic heterocycles. The number of nitrogens with one attached hydrogen (secondary N) is 1. The number of anilines is 1. The highest BCUT2D eigenvalue weighted by atomic mass is 79.9. The lowest BCUT2D eigenvalue weighted by Gasteiger charge is -2.35. The number of halogens is 3. The molecular weight excluding hydrogens is 604 g/mol. The number of phenols is 1. The van der Waals surface area contributed by atoms with Crippen LogP contribution in [0.1, 0.15) is 67.8 Å². The van der Waals surface area contributed by atoms with Gasteiger partial charge in [-0.05, 0) is 90.5 Å². The molecule has 4 atom stereocenters. The molecule has 4 saturated heterocycles. The summed E-state index contributed by atoms with van der Waals surface area (Å²) in [5.41, 5.74) is 3.73. The second kappa shape index (κ2) is 10.3. The molecule has 6 heterocycles. The topological polar surface area (TPSA) is 73.8 Å². The van der Waals surface area contributed by atoms with Gasteiger partial charge in [0.1, 0.15) is 24.3 Å². The number of alkyl halides is 1. The van der Waals surface area contributed by atoms with Crippen molar-refractivity contribution in [3.05, 3.63) is 51.5 Å². The Kier molecular flexibility index (Phi) is 6.61. The van der Waals surface area contributed by atoms with Crippen molar-refractivity contribution in [3.63, 3.8) is 0 Å². The van der Waals surface area contributed by atoms with Crippen LogP contribution in [0.3, 0.4) is 0 Å². The molecule has 2 aromatic carbocycles. The van der Waals surface area contributed by atoms with Crippen LogP contribution in [0.4, 0.5) is 14.5 Å². The van der Waals surface area contributed by atoms with E-state index in [4.69, 9.17) is 14.7 Å². The molecule has 5 aliphatic rings. The molecule has 5 aliphatic heterocycles. The second-order valence-electron chi connectivity index (χ2n) is 13.1. The fourth-order valence-electron chi connectivity index (χ4n) is 8.58. The third-order valence-corrected chi connectivity index (χ3v) is 11.3. The van der Waals surface area contributed by atoms with Gasteiger partial charge in [-0.15, -0.1) is 0 Å². The fraction of sp³-hybridized carbons (Fsp3) is 0.562. The summed E-state index contributed by atoms with van der Waals surface area (Å²) >= 11 is 3.46. The van der Waals surface area contributed by atoms with Crippen LogP contribution in [0.2, 0.25) is 0 Å². The summed E-state index contributed by atoms with van der Waals surface area (Å²) in [6.07, 6.45) is 7.01. The monoisotopic (exact) mass is 639 g/mol. The minimum Gasteiger partial charge on any atom is -0.508 e. The Morgan fingerprint density at radius 3 is 2.81 bits per heavy atom. The predicted molar refractivity (Wildman–Crippen MR) is 161 cm³/mol. The highest BCUT2D eigenvalue weighted by Crippen LogP contribution is 2.44. The number of phenolic OH excluding ortho intramolecular Hbond substituents is 1. The van der Waals surface area contributed by atoms with Crippen molar-refractivity contribution < 1.29 is 18.6 Å². The Morgan fingerprint density at radius 2 is 1.98 bits per heavy atom. The van der Waals surface area contributed by atoms with Crippen molar-refractivity contribution in [2.45, 2.75) is 87.6 Å². The zero-order valence-electron chi connectivity index (χ0n) is 23.6. The van der Waals surface area contributed by atoms with Crippen molar-refractivity contribution in [2.75, 3.05) is 31.1 Å². The molecule has 0 radical (unpaired) electrons. The van der Waals surface area contributed by atoms with E-state index in [9.17, 15) is 13.9 Å². The number of ether oxygens (including phenoxy) is 1. The van der Waals surface area contributed by atoms with Gasteiger partial charge in [0, 0.05) is 54.7 Å². The largest absolute Gasteiger partial charge is 0.508 e. The van der Waals surface area contributed by atoms with E-state index in [1.165, 1.54) is 24.5 Å². The highest BCUT2D eigenvalue weighted by molar-refractivity contribution is 9.10. The first-order valence-electron chi connectivity index (χ1n) is 15.4. The Bertz CT molecular complexity index is 1550. The van der Waals surface area contributed by atoms with Gasteiger partial charge in [0.2, 0.25) is 0 Å². The van der Waals surface area contributed by atoms with Crippen molar-refractivity contribution in [2.24, 2.45) is 0 Å². The van der Waals surface area contributed by atoms with E-state index in [-0.39, 0.29) is 17.1 Å². The summed E-state index contributed by atoms with van der Waals surface area (Å²) in [7, 11) is 0. The number of aromatic nitrogens is 2. The minimum absolute atomic E-state index is 0.141. The normalized spacial score (nSPS) is 30.6. The number of rotatable bonds is 5. The van der Waals surface area contributed by atoms with E-state index < -0.39 is 6.17 Å². The lowest BCUT2D eigenvalue weighted by atomic mass is 9.85. The number of fused-ring (bicyclic) bond motifs is 5.